The summed E-state index contributed by atoms with van der Waals surface area (Å²) in [4.78, 5) is 37.8. The highest BCUT2D eigenvalue weighted by molar-refractivity contribution is 6.05. The molecule has 2 aromatic carbocycles. The summed E-state index contributed by atoms with van der Waals surface area (Å²) >= 11 is 0. The lowest BCUT2D eigenvalue weighted by molar-refractivity contribution is -0.192. The van der Waals surface area contributed by atoms with E-state index in [1.165, 1.54) is 35.1 Å². The van der Waals surface area contributed by atoms with E-state index in [-0.39, 0.29) is 17.0 Å². The van der Waals surface area contributed by atoms with Crippen LogP contribution in [0.3, 0.4) is 0 Å². The highest BCUT2D eigenvalue weighted by Crippen LogP contribution is 2.28. The van der Waals surface area contributed by atoms with Gasteiger partial charge in [-0.2, -0.15) is 13.2 Å². The molecule has 1 fully saturated rings. The Labute approximate surface area is 223 Å². The van der Waals surface area contributed by atoms with Gasteiger partial charge in [-0.3, -0.25) is 19.2 Å². The minimum Gasteiger partial charge on any atom is -0.475 e. The van der Waals surface area contributed by atoms with Crippen molar-refractivity contribution in [3.05, 3.63) is 81.3 Å². The SMILES string of the molecule is Cc1c(C(=O)Nc2ccc3c(c2)CCN(C2CCC2)CC3)c(=O)n(-c2ccccc2)n1C.O=C(O)C(F)(F)F. The first kappa shape index (κ1) is 28.2. The smallest absolute Gasteiger partial charge is 0.475 e. The summed E-state index contributed by atoms with van der Waals surface area (Å²) in [5.74, 6) is -3.12. The van der Waals surface area contributed by atoms with Crippen LogP contribution in [-0.2, 0) is 24.7 Å². The Bertz CT molecular complexity index is 1410. The minimum atomic E-state index is -5.08. The Hall–Kier alpha value is -3.86. The number of benzene rings is 2. The van der Waals surface area contributed by atoms with Crippen molar-refractivity contribution >= 4 is 17.6 Å². The Kier molecular flexibility index (Phi) is 8.29. The van der Waals surface area contributed by atoms with Crippen LogP contribution < -0.4 is 10.9 Å². The summed E-state index contributed by atoms with van der Waals surface area (Å²) in [6, 6.07) is 16.3. The number of carboxylic acids is 1. The molecule has 0 bridgehead atoms. The molecule has 0 atom stereocenters. The van der Waals surface area contributed by atoms with Gasteiger partial charge in [-0.05, 0) is 68.0 Å². The summed E-state index contributed by atoms with van der Waals surface area (Å²) in [7, 11) is 1.80. The Morgan fingerprint density at radius 1 is 1.00 bits per heavy atom. The first-order chi connectivity index (χ1) is 18.5. The van der Waals surface area contributed by atoms with Gasteiger partial charge >= 0.3 is 12.1 Å². The predicted molar refractivity (Wildman–Crippen MR) is 140 cm³/mol. The standard InChI is InChI=1S/C26H30N4O2.C2HF3O2/c1-18-24(26(32)30(28(18)2)23-7-4-3-5-8-23)25(31)27-21-12-11-19-13-15-29(22-9-6-10-22)16-14-20(19)17-21;3-2(4,5)1(6)7/h3-5,7-8,11-12,17,22H,6,9-10,13-16H2,1-2H3,(H,27,31);(H,6,7). The fraction of sp³-hybridized carbons (Fsp3) is 0.393. The molecule has 1 saturated carbocycles. The first-order valence-corrected chi connectivity index (χ1v) is 12.8. The Morgan fingerprint density at radius 3 is 2.18 bits per heavy atom. The maximum atomic E-state index is 13.1. The molecule has 1 aliphatic heterocycles. The number of hydrogen-bond donors (Lipinski definition) is 2. The second kappa shape index (κ2) is 11.5. The molecule has 0 radical (unpaired) electrons. The average molecular weight is 545 g/mol. The summed E-state index contributed by atoms with van der Waals surface area (Å²) in [5, 5.41) is 10.1. The van der Waals surface area contributed by atoms with E-state index in [4.69, 9.17) is 9.90 Å². The quantitative estimate of drug-likeness (QED) is 0.510. The number of carbonyl (C=O) groups is 2. The zero-order chi connectivity index (χ0) is 28.3. The molecule has 39 heavy (non-hydrogen) atoms. The number of anilines is 1. The van der Waals surface area contributed by atoms with Gasteiger partial charge in [0.05, 0.1) is 11.4 Å². The molecule has 2 N–H and O–H groups in total. The molecule has 0 spiro atoms. The highest BCUT2D eigenvalue weighted by atomic mass is 19.4. The summed E-state index contributed by atoms with van der Waals surface area (Å²) < 4.78 is 35.0. The number of aliphatic carboxylic acids is 1. The van der Waals surface area contributed by atoms with Crippen LogP contribution >= 0.6 is 0 Å². The lowest BCUT2D eigenvalue weighted by Crippen LogP contribution is -2.41. The fourth-order valence-corrected chi connectivity index (χ4v) is 4.96. The number of carbonyl (C=O) groups excluding carboxylic acids is 1. The number of fused-ring (bicyclic) bond motifs is 1. The van der Waals surface area contributed by atoms with Gasteiger partial charge in [0.1, 0.15) is 5.56 Å². The number of carboxylic acid groups (broad SMARTS) is 1. The van der Waals surface area contributed by atoms with Gasteiger partial charge in [-0.1, -0.05) is 30.7 Å². The number of rotatable bonds is 4. The minimum absolute atomic E-state index is 0.183. The summed E-state index contributed by atoms with van der Waals surface area (Å²) in [6.45, 7) is 4.00. The first-order valence-electron chi connectivity index (χ1n) is 12.8. The molecule has 2 heterocycles. The van der Waals surface area contributed by atoms with Crippen LogP contribution in [0.15, 0.2) is 53.3 Å². The number of nitrogens with one attached hydrogen (secondary N) is 1. The predicted octanol–water partition coefficient (Wildman–Crippen LogP) is 4.32. The number of amides is 1. The number of aromatic nitrogens is 2. The van der Waals surface area contributed by atoms with Crippen molar-refractivity contribution in [1.29, 1.82) is 0 Å². The van der Waals surface area contributed by atoms with Crippen LogP contribution in [0.4, 0.5) is 18.9 Å². The van der Waals surface area contributed by atoms with E-state index in [9.17, 15) is 22.8 Å². The lowest BCUT2D eigenvalue weighted by atomic mass is 9.91. The second-order valence-corrected chi connectivity index (χ2v) is 9.80. The van der Waals surface area contributed by atoms with Crippen molar-refractivity contribution in [3.63, 3.8) is 0 Å². The van der Waals surface area contributed by atoms with Crippen LogP contribution in [0.25, 0.3) is 5.69 Å². The van der Waals surface area contributed by atoms with Crippen LogP contribution in [0, 0.1) is 6.92 Å². The molecule has 208 valence electrons. The lowest BCUT2D eigenvalue weighted by Gasteiger charge is -2.36. The van der Waals surface area contributed by atoms with E-state index >= 15 is 0 Å². The monoisotopic (exact) mass is 544 g/mol. The van der Waals surface area contributed by atoms with Gasteiger partial charge in [0.25, 0.3) is 11.5 Å². The van der Waals surface area contributed by atoms with Crippen LogP contribution in [-0.4, -0.2) is 56.6 Å². The molecule has 1 amide bonds. The average Bonchev–Trinajstić information content (AvgIpc) is 2.97. The Balaban J connectivity index is 0.000000448. The molecule has 0 unspecified atom stereocenters. The van der Waals surface area contributed by atoms with Crippen molar-refractivity contribution < 1.29 is 27.9 Å². The van der Waals surface area contributed by atoms with Crippen molar-refractivity contribution in [2.24, 2.45) is 7.05 Å². The molecule has 5 rings (SSSR count). The Morgan fingerprint density at radius 2 is 1.62 bits per heavy atom. The van der Waals surface area contributed by atoms with Gasteiger partial charge in [0.2, 0.25) is 0 Å². The molecule has 1 aromatic heterocycles. The van der Waals surface area contributed by atoms with Crippen LogP contribution in [0.1, 0.15) is 46.4 Å². The molecular weight excluding hydrogens is 513 g/mol. The molecule has 11 heteroatoms. The normalized spacial score (nSPS) is 15.8. The molecule has 0 saturated heterocycles. The van der Waals surface area contributed by atoms with E-state index < -0.39 is 12.1 Å². The van der Waals surface area contributed by atoms with E-state index in [0.29, 0.717) is 5.69 Å². The third-order valence-electron chi connectivity index (χ3n) is 7.42. The zero-order valence-corrected chi connectivity index (χ0v) is 21.8. The topological polar surface area (TPSA) is 96.6 Å². The fourth-order valence-electron chi connectivity index (χ4n) is 4.96. The van der Waals surface area contributed by atoms with E-state index in [0.717, 1.165) is 43.3 Å². The van der Waals surface area contributed by atoms with Gasteiger partial charge in [0, 0.05) is 31.9 Å². The molecule has 2 aliphatic rings. The van der Waals surface area contributed by atoms with Gasteiger partial charge in [-0.15, -0.1) is 0 Å². The number of alkyl halides is 3. The second-order valence-electron chi connectivity index (χ2n) is 9.80. The third kappa shape index (κ3) is 6.25. The summed E-state index contributed by atoms with van der Waals surface area (Å²) in [5.41, 5.74) is 4.68. The maximum absolute atomic E-state index is 13.1. The molecule has 3 aromatic rings. The van der Waals surface area contributed by atoms with Crippen molar-refractivity contribution in [2.75, 3.05) is 18.4 Å². The van der Waals surface area contributed by atoms with E-state index in [1.807, 2.05) is 43.3 Å². The largest absolute Gasteiger partial charge is 0.490 e. The van der Waals surface area contributed by atoms with Crippen molar-refractivity contribution in [2.45, 2.75) is 51.2 Å². The molecule has 1 aliphatic carbocycles. The van der Waals surface area contributed by atoms with Crippen LogP contribution in [0.5, 0.6) is 0 Å². The van der Waals surface area contributed by atoms with Gasteiger partial charge < -0.3 is 10.4 Å². The summed E-state index contributed by atoms with van der Waals surface area (Å²) in [6.07, 6.45) is 0.985. The number of hydrogen-bond acceptors (Lipinski definition) is 4. The number of halogens is 3. The molecular formula is C28H31F3N4O4. The van der Waals surface area contributed by atoms with E-state index in [2.05, 4.69) is 22.3 Å². The van der Waals surface area contributed by atoms with Gasteiger partial charge in [-0.25, -0.2) is 9.48 Å². The van der Waals surface area contributed by atoms with Crippen LogP contribution in [0.2, 0.25) is 0 Å². The third-order valence-corrected chi connectivity index (χ3v) is 7.42. The zero-order valence-electron chi connectivity index (χ0n) is 21.8. The maximum Gasteiger partial charge on any atom is 0.490 e. The molecule has 8 nitrogen and oxygen atoms in total. The van der Waals surface area contributed by atoms with Crippen molar-refractivity contribution in [1.82, 2.24) is 14.3 Å². The van der Waals surface area contributed by atoms with Gasteiger partial charge in [0.15, 0.2) is 0 Å². The van der Waals surface area contributed by atoms with E-state index in [1.54, 1.807) is 11.7 Å². The van der Waals surface area contributed by atoms with Crippen molar-refractivity contribution in [3.8, 4) is 5.69 Å². The number of para-hydroxylation sites is 1. The number of nitrogens with zero attached hydrogens (tertiary/aromatic N) is 3. The highest BCUT2D eigenvalue weighted by Gasteiger charge is 2.38.